The molecule has 2 aromatic rings. The van der Waals surface area contributed by atoms with Gasteiger partial charge in [0.05, 0.1) is 12.1 Å². The van der Waals surface area contributed by atoms with Crippen molar-refractivity contribution in [1.29, 1.82) is 0 Å². The molecule has 84 valence electrons. The Bertz CT molecular complexity index is 517. The van der Waals surface area contributed by atoms with Crippen molar-refractivity contribution < 1.29 is 4.42 Å². The molecule has 1 aromatic heterocycles. The lowest BCUT2D eigenvalue weighted by molar-refractivity contribution is 0.528. The number of benzene rings is 1. The maximum atomic E-state index is 5.67. The third-order valence-electron chi connectivity index (χ3n) is 2.77. The molecule has 0 amide bonds. The molecule has 0 spiro atoms. The highest BCUT2D eigenvalue weighted by Gasteiger charge is 2.09. The Kier molecular flexibility index (Phi) is 3.01. The van der Waals surface area contributed by atoms with E-state index in [1.807, 2.05) is 0 Å². The normalized spacial score (nSPS) is 10.8. The molecule has 16 heavy (non-hydrogen) atoms. The summed E-state index contributed by atoms with van der Waals surface area (Å²) >= 11 is 5.67. The van der Waals surface area contributed by atoms with Crippen molar-refractivity contribution in [3.63, 3.8) is 0 Å². The van der Waals surface area contributed by atoms with Crippen molar-refractivity contribution in [2.45, 2.75) is 26.7 Å². The van der Waals surface area contributed by atoms with Gasteiger partial charge in [0.15, 0.2) is 5.76 Å². The van der Waals surface area contributed by atoms with Crippen LogP contribution in [0, 0.1) is 20.8 Å². The second kappa shape index (κ2) is 4.30. The molecule has 0 fully saturated rings. The van der Waals surface area contributed by atoms with E-state index in [1.165, 1.54) is 16.7 Å². The number of aryl methyl sites for hydroxylation is 3. The molecule has 1 heterocycles. The summed E-state index contributed by atoms with van der Waals surface area (Å²) in [7, 11) is 0. The van der Waals surface area contributed by atoms with Crippen LogP contribution in [0.2, 0.25) is 0 Å². The molecule has 0 atom stereocenters. The first-order valence-electron chi connectivity index (χ1n) is 5.20. The van der Waals surface area contributed by atoms with E-state index in [0.29, 0.717) is 11.8 Å². The van der Waals surface area contributed by atoms with Crippen LogP contribution in [0.5, 0.6) is 0 Å². The van der Waals surface area contributed by atoms with Crippen LogP contribution in [-0.4, -0.2) is 4.98 Å². The van der Waals surface area contributed by atoms with Gasteiger partial charge in [0.1, 0.15) is 0 Å². The van der Waals surface area contributed by atoms with E-state index in [1.54, 1.807) is 6.20 Å². The summed E-state index contributed by atoms with van der Waals surface area (Å²) in [6.07, 6.45) is 1.73. The van der Waals surface area contributed by atoms with Crippen LogP contribution in [0.1, 0.15) is 22.6 Å². The minimum absolute atomic E-state index is 0.309. The number of hydrogen-bond donors (Lipinski definition) is 0. The number of alkyl halides is 1. The highest BCUT2D eigenvalue weighted by molar-refractivity contribution is 6.16. The second-order valence-electron chi connectivity index (χ2n) is 4.00. The number of halogens is 1. The van der Waals surface area contributed by atoms with Gasteiger partial charge in [-0.3, -0.25) is 0 Å². The molecule has 1 aromatic carbocycles. The molecule has 0 N–H and O–H groups in total. The minimum atomic E-state index is 0.309. The summed E-state index contributed by atoms with van der Waals surface area (Å²) in [4.78, 5) is 4.11. The lowest BCUT2D eigenvalue weighted by Gasteiger charge is -2.06. The summed E-state index contributed by atoms with van der Waals surface area (Å²) in [5, 5.41) is 0. The lowest BCUT2D eigenvalue weighted by atomic mass is 10.00. The number of hydrogen-bond acceptors (Lipinski definition) is 2. The first-order chi connectivity index (χ1) is 7.61. The Balaban J connectivity index is 2.51. The molecular weight excluding hydrogens is 222 g/mol. The fourth-order valence-corrected chi connectivity index (χ4v) is 1.85. The van der Waals surface area contributed by atoms with Crippen LogP contribution in [0.3, 0.4) is 0 Å². The maximum Gasteiger partial charge on any atom is 0.209 e. The first kappa shape index (κ1) is 11.2. The molecule has 0 radical (unpaired) electrons. The van der Waals surface area contributed by atoms with Gasteiger partial charge in [-0.25, -0.2) is 4.98 Å². The van der Waals surface area contributed by atoms with Gasteiger partial charge in [-0.1, -0.05) is 6.07 Å². The van der Waals surface area contributed by atoms with Crippen molar-refractivity contribution >= 4 is 11.6 Å². The van der Waals surface area contributed by atoms with E-state index < -0.39 is 0 Å². The van der Waals surface area contributed by atoms with Gasteiger partial charge >= 0.3 is 0 Å². The Morgan fingerprint density at radius 2 is 1.81 bits per heavy atom. The van der Waals surface area contributed by atoms with Crippen molar-refractivity contribution in [2.75, 3.05) is 0 Å². The minimum Gasteiger partial charge on any atom is -0.439 e. The molecule has 0 aliphatic carbocycles. The number of rotatable bonds is 2. The molecule has 0 bridgehead atoms. The summed E-state index contributed by atoms with van der Waals surface area (Å²) in [6.45, 7) is 6.28. The van der Waals surface area contributed by atoms with E-state index in [4.69, 9.17) is 16.0 Å². The van der Waals surface area contributed by atoms with E-state index in [9.17, 15) is 0 Å². The quantitative estimate of drug-likeness (QED) is 0.736. The molecular formula is C13H14ClNO. The molecule has 0 unspecified atom stereocenters. The molecule has 0 saturated heterocycles. The fraction of sp³-hybridized carbons (Fsp3) is 0.308. The SMILES string of the molecule is Cc1cc(C)c(-c2cnc(CCl)o2)cc1C. The molecule has 0 aliphatic heterocycles. The van der Waals surface area contributed by atoms with Crippen LogP contribution >= 0.6 is 11.6 Å². The van der Waals surface area contributed by atoms with E-state index in [2.05, 4.69) is 37.9 Å². The Morgan fingerprint density at radius 3 is 2.44 bits per heavy atom. The lowest BCUT2D eigenvalue weighted by Crippen LogP contribution is -1.87. The van der Waals surface area contributed by atoms with Crippen LogP contribution in [-0.2, 0) is 5.88 Å². The van der Waals surface area contributed by atoms with Gasteiger partial charge < -0.3 is 4.42 Å². The van der Waals surface area contributed by atoms with Crippen LogP contribution < -0.4 is 0 Å². The number of oxazole rings is 1. The maximum absolute atomic E-state index is 5.67. The monoisotopic (exact) mass is 235 g/mol. The summed E-state index contributed by atoms with van der Waals surface area (Å²) < 4.78 is 5.55. The van der Waals surface area contributed by atoms with Crippen LogP contribution in [0.15, 0.2) is 22.7 Å². The zero-order valence-electron chi connectivity index (χ0n) is 9.67. The summed E-state index contributed by atoms with van der Waals surface area (Å²) in [6, 6.07) is 4.29. The van der Waals surface area contributed by atoms with Crippen molar-refractivity contribution in [2.24, 2.45) is 0 Å². The fourth-order valence-electron chi connectivity index (χ4n) is 1.72. The van der Waals surface area contributed by atoms with Gasteiger partial charge in [0.25, 0.3) is 0 Å². The van der Waals surface area contributed by atoms with Crippen molar-refractivity contribution in [3.8, 4) is 11.3 Å². The van der Waals surface area contributed by atoms with E-state index >= 15 is 0 Å². The van der Waals surface area contributed by atoms with E-state index in [-0.39, 0.29) is 0 Å². The second-order valence-corrected chi connectivity index (χ2v) is 4.27. The average molecular weight is 236 g/mol. The molecule has 2 nitrogen and oxygen atoms in total. The van der Waals surface area contributed by atoms with Crippen LogP contribution in [0.25, 0.3) is 11.3 Å². The Morgan fingerprint density at radius 1 is 1.12 bits per heavy atom. The number of nitrogens with zero attached hydrogens (tertiary/aromatic N) is 1. The molecule has 2 rings (SSSR count). The highest BCUT2D eigenvalue weighted by atomic mass is 35.5. The predicted molar refractivity (Wildman–Crippen MR) is 65.7 cm³/mol. The highest BCUT2D eigenvalue weighted by Crippen LogP contribution is 2.27. The van der Waals surface area contributed by atoms with Crippen molar-refractivity contribution in [3.05, 3.63) is 40.9 Å². The van der Waals surface area contributed by atoms with E-state index in [0.717, 1.165) is 11.3 Å². The Hall–Kier alpha value is -1.28. The van der Waals surface area contributed by atoms with Gasteiger partial charge in [-0.15, -0.1) is 11.6 Å². The summed E-state index contributed by atoms with van der Waals surface area (Å²) in [5.74, 6) is 1.66. The molecule has 0 saturated carbocycles. The topological polar surface area (TPSA) is 26.0 Å². The summed E-state index contributed by atoms with van der Waals surface area (Å²) in [5.41, 5.74) is 4.83. The Labute approximate surface area is 100 Å². The predicted octanol–water partition coefficient (Wildman–Crippen LogP) is 4.01. The van der Waals surface area contributed by atoms with Crippen molar-refractivity contribution in [1.82, 2.24) is 4.98 Å². The molecule has 0 aliphatic rings. The van der Waals surface area contributed by atoms with Crippen LogP contribution in [0.4, 0.5) is 0 Å². The van der Waals surface area contributed by atoms with Gasteiger partial charge in [-0.2, -0.15) is 0 Å². The first-order valence-corrected chi connectivity index (χ1v) is 5.74. The standard InChI is InChI=1S/C13H14ClNO/c1-8-4-10(3)11(5-9(8)2)12-7-15-13(6-14)16-12/h4-5,7H,6H2,1-3H3. The average Bonchev–Trinajstić information content (AvgIpc) is 2.71. The third kappa shape index (κ3) is 1.98. The van der Waals surface area contributed by atoms with Gasteiger partial charge in [-0.05, 0) is 43.5 Å². The van der Waals surface area contributed by atoms with Gasteiger partial charge in [0, 0.05) is 5.56 Å². The number of aromatic nitrogens is 1. The zero-order valence-corrected chi connectivity index (χ0v) is 10.4. The molecule has 3 heteroatoms. The third-order valence-corrected chi connectivity index (χ3v) is 3.00. The zero-order chi connectivity index (χ0) is 11.7. The smallest absolute Gasteiger partial charge is 0.209 e. The van der Waals surface area contributed by atoms with Gasteiger partial charge in [0.2, 0.25) is 5.89 Å². The largest absolute Gasteiger partial charge is 0.439 e.